The Kier molecular flexibility index (Phi) is 3.90. The van der Waals surface area contributed by atoms with E-state index >= 15 is 0 Å². The number of carboxylic acid groups (broad SMARTS) is 1. The lowest BCUT2D eigenvalue weighted by Crippen LogP contribution is -2.04. The van der Waals surface area contributed by atoms with Gasteiger partial charge in [0.2, 0.25) is 0 Å². The standard InChI is InChI=1S/C13H12N2O5S/c1-8-11(12(16)17)7-14-13(15-8)20-9-3-5-10(6-4-9)21(2,18)19/h3-7H,1-2H3,(H,16,17). The molecular weight excluding hydrogens is 296 g/mol. The first-order valence-corrected chi connectivity index (χ1v) is 7.71. The first-order valence-electron chi connectivity index (χ1n) is 5.82. The number of ether oxygens (including phenoxy) is 1. The molecule has 0 aliphatic carbocycles. The van der Waals surface area contributed by atoms with Crippen molar-refractivity contribution in [2.24, 2.45) is 0 Å². The third-order valence-corrected chi connectivity index (χ3v) is 3.78. The minimum atomic E-state index is -3.27. The molecule has 0 radical (unpaired) electrons. The van der Waals surface area contributed by atoms with Gasteiger partial charge in [-0.2, -0.15) is 4.98 Å². The number of carboxylic acids is 1. The van der Waals surface area contributed by atoms with Gasteiger partial charge in [-0.15, -0.1) is 0 Å². The number of aromatic carboxylic acids is 1. The summed E-state index contributed by atoms with van der Waals surface area (Å²) >= 11 is 0. The average molecular weight is 308 g/mol. The molecule has 1 aromatic heterocycles. The molecule has 0 spiro atoms. The third kappa shape index (κ3) is 3.54. The van der Waals surface area contributed by atoms with Gasteiger partial charge in [0.25, 0.3) is 0 Å². The zero-order valence-corrected chi connectivity index (χ0v) is 12.1. The topological polar surface area (TPSA) is 106 Å². The van der Waals surface area contributed by atoms with Crippen molar-refractivity contribution in [1.82, 2.24) is 9.97 Å². The smallest absolute Gasteiger partial charge is 0.339 e. The molecule has 110 valence electrons. The molecule has 0 bridgehead atoms. The summed E-state index contributed by atoms with van der Waals surface area (Å²) in [5, 5.41) is 8.88. The summed E-state index contributed by atoms with van der Waals surface area (Å²) in [6, 6.07) is 5.75. The molecule has 8 heteroatoms. The van der Waals surface area contributed by atoms with Gasteiger partial charge < -0.3 is 9.84 Å². The van der Waals surface area contributed by atoms with Crippen LogP contribution in [-0.4, -0.2) is 35.7 Å². The van der Waals surface area contributed by atoms with Crippen molar-refractivity contribution in [3.63, 3.8) is 0 Å². The molecule has 0 saturated heterocycles. The molecule has 1 N–H and O–H groups in total. The van der Waals surface area contributed by atoms with E-state index < -0.39 is 15.8 Å². The van der Waals surface area contributed by atoms with E-state index in [0.29, 0.717) is 5.75 Å². The molecule has 2 aromatic rings. The number of rotatable bonds is 4. The van der Waals surface area contributed by atoms with E-state index in [9.17, 15) is 13.2 Å². The molecule has 0 amide bonds. The van der Waals surface area contributed by atoms with Crippen LogP contribution in [0.1, 0.15) is 16.1 Å². The fourth-order valence-electron chi connectivity index (χ4n) is 1.57. The maximum Gasteiger partial charge on any atom is 0.339 e. The molecule has 21 heavy (non-hydrogen) atoms. The lowest BCUT2D eigenvalue weighted by molar-refractivity contribution is 0.0695. The maximum absolute atomic E-state index is 11.3. The Balaban J connectivity index is 2.23. The van der Waals surface area contributed by atoms with Gasteiger partial charge in [-0.25, -0.2) is 18.2 Å². The highest BCUT2D eigenvalue weighted by Gasteiger charge is 2.11. The minimum absolute atomic E-state index is 0.00484. The van der Waals surface area contributed by atoms with Crippen LogP contribution in [0.25, 0.3) is 0 Å². The second kappa shape index (κ2) is 5.49. The van der Waals surface area contributed by atoms with Crippen LogP contribution in [0, 0.1) is 6.92 Å². The van der Waals surface area contributed by atoms with Crippen molar-refractivity contribution in [3.05, 3.63) is 41.7 Å². The van der Waals surface area contributed by atoms with Crippen LogP contribution in [0.15, 0.2) is 35.4 Å². The van der Waals surface area contributed by atoms with Crippen molar-refractivity contribution in [2.75, 3.05) is 6.26 Å². The maximum atomic E-state index is 11.3. The van der Waals surface area contributed by atoms with Gasteiger partial charge in [-0.1, -0.05) is 0 Å². The van der Waals surface area contributed by atoms with Crippen molar-refractivity contribution >= 4 is 15.8 Å². The summed E-state index contributed by atoms with van der Waals surface area (Å²) in [6.45, 7) is 1.53. The van der Waals surface area contributed by atoms with E-state index in [1.807, 2.05) is 0 Å². The quantitative estimate of drug-likeness (QED) is 0.915. The second-order valence-corrected chi connectivity index (χ2v) is 6.32. The summed E-state index contributed by atoms with van der Waals surface area (Å²) in [5.41, 5.74) is 0.273. The first-order chi connectivity index (χ1) is 9.77. The lowest BCUT2D eigenvalue weighted by Gasteiger charge is -2.06. The summed E-state index contributed by atoms with van der Waals surface area (Å²) < 4.78 is 28.0. The zero-order chi connectivity index (χ0) is 15.6. The largest absolute Gasteiger partial charge is 0.478 e. The monoisotopic (exact) mass is 308 g/mol. The highest BCUT2D eigenvalue weighted by molar-refractivity contribution is 7.90. The van der Waals surface area contributed by atoms with Gasteiger partial charge in [0, 0.05) is 12.5 Å². The Labute approximate surface area is 121 Å². The molecule has 0 unspecified atom stereocenters. The van der Waals surface area contributed by atoms with Gasteiger partial charge in [-0.05, 0) is 31.2 Å². The van der Waals surface area contributed by atoms with Crippen LogP contribution < -0.4 is 4.74 Å². The number of carbonyl (C=O) groups is 1. The Morgan fingerprint density at radius 1 is 1.24 bits per heavy atom. The molecule has 0 saturated carbocycles. The van der Waals surface area contributed by atoms with Gasteiger partial charge >= 0.3 is 12.0 Å². The van der Waals surface area contributed by atoms with Crippen LogP contribution in [0.3, 0.4) is 0 Å². The average Bonchev–Trinajstić information content (AvgIpc) is 2.38. The van der Waals surface area contributed by atoms with Gasteiger partial charge in [0.15, 0.2) is 9.84 Å². The number of aromatic nitrogens is 2. The highest BCUT2D eigenvalue weighted by atomic mass is 32.2. The Morgan fingerprint density at radius 3 is 2.33 bits per heavy atom. The van der Waals surface area contributed by atoms with Crippen molar-refractivity contribution in [3.8, 4) is 11.8 Å². The molecule has 0 fully saturated rings. The fourth-order valence-corrected chi connectivity index (χ4v) is 2.20. The van der Waals surface area contributed by atoms with Gasteiger partial charge in [0.05, 0.1) is 16.2 Å². The van der Waals surface area contributed by atoms with Crippen LogP contribution in [0.4, 0.5) is 0 Å². The van der Waals surface area contributed by atoms with E-state index in [1.54, 1.807) is 0 Å². The van der Waals surface area contributed by atoms with E-state index in [4.69, 9.17) is 9.84 Å². The fraction of sp³-hybridized carbons (Fsp3) is 0.154. The van der Waals surface area contributed by atoms with Crippen LogP contribution >= 0.6 is 0 Å². The van der Waals surface area contributed by atoms with Crippen molar-refractivity contribution in [2.45, 2.75) is 11.8 Å². The molecular formula is C13H12N2O5S. The number of hydrogen-bond donors (Lipinski definition) is 1. The van der Waals surface area contributed by atoms with Gasteiger partial charge in [-0.3, -0.25) is 0 Å². The normalized spacial score (nSPS) is 11.1. The van der Waals surface area contributed by atoms with Crippen molar-refractivity contribution < 1.29 is 23.1 Å². The minimum Gasteiger partial charge on any atom is -0.478 e. The van der Waals surface area contributed by atoms with E-state index in [2.05, 4.69) is 9.97 Å². The van der Waals surface area contributed by atoms with E-state index in [-0.39, 0.29) is 22.2 Å². The Bertz CT molecular complexity index is 785. The third-order valence-electron chi connectivity index (χ3n) is 2.65. The lowest BCUT2D eigenvalue weighted by atomic mass is 10.2. The molecule has 2 rings (SSSR count). The van der Waals surface area contributed by atoms with Gasteiger partial charge in [0.1, 0.15) is 5.75 Å². The zero-order valence-electron chi connectivity index (χ0n) is 11.3. The van der Waals surface area contributed by atoms with Crippen LogP contribution in [-0.2, 0) is 9.84 Å². The first kappa shape index (κ1) is 14.9. The highest BCUT2D eigenvalue weighted by Crippen LogP contribution is 2.20. The Morgan fingerprint density at radius 2 is 1.86 bits per heavy atom. The van der Waals surface area contributed by atoms with E-state index in [1.165, 1.54) is 31.2 Å². The molecule has 0 atom stereocenters. The summed E-state index contributed by atoms with van der Waals surface area (Å²) in [5.74, 6) is -0.763. The second-order valence-electron chi connectivity index (χ2n) is 4.30. The SMILES string of the molecule is Cc1nc(Oc2ccc(S(C)(=O)=O)cc2)ncc1C(=O)O. The number of aryl methyl sites for hydroxylation is 1. The molecule has 0 aliphatic heterocycles. The summed E-state index contributed by atoms with van der Waals surface area (Å²) in [4.78, 5) is 18.7. The summed E-state index contributed by atoms with van der Waals surface area (Å²) in [6.07, 6.45) is 2.27. The number of nitrogens with zero attached hydrogens (tertiary/aromatic N) is 2. The Hall–Kier alpha value is -2.48. The molecule has 1 aromatic carbocycles. The predicted molar refractivity (Wildman–Crippen MR) is 73.4 cm³/mol. The van der Waals surface area contributed by atoms with Crippen LogP contribution in [0.2, 0.25) is 0 Å². The van der Waals surface area contributed by atoms with Crippen LogP contribution in [0.5, 0.6) is 11.8 Å². The summed E-state index contributed by atoms with van der Waals surface area (Å²) in [7, 11) is -3.27. The molecule has 1 heterocycles. The molecule has 7 nitrogen and oxygen atoms in total. The predicted octanol–water partition coefficient (Wildman–Crippen LogP) is 1.68. The molecule has 0 aliphatic rings. The number of sulfone groups is 1. The number of hydrogen-bond acceptors (Lipinski definition) is 6. The van der Waals surface area contributed by atoms with E-state index in [0.717, 1.165) is 12.5 Å². The van der Waals surface area contributed by atoms with Crippen molar-refractivity contribution in [1.29, 1.82) is 0 Å². The number of benzene rings is 1.